The van der Waals surface area contributed by atoms with E-state index < -0.39 is 5.41 Å². The summed E-state index contributed by atoms with van der Waals surface area (Å²) in [6, 6.07) is 68.7. The van der Waals surface area contributed by atoms with Crippen LogP contribution in [0.15, 0.2) is 188 Å². The predicted molar refractivity (Wildman–Crippen MR) is 193 cm³/mol. The van der Waals surface area contributed by atoms with Crippen LogP contribution in [0.5, 0.6) is 0 Å². The molecule has 0 amide bonds. The largest absolute Gasteiger partial charge is 0.310 e. The molecule has 0 N–H and O–H groups in total. The number of benzene rings is 8. The molecule has 8 aromatic carbocycles. The standard InChI is InChI=1S/C45H31N/c1-5-18-33(19-6-1)45(34-20-7-2-8-21-34)40-30-29-32-17-13-14-26-37(32)43(40)44-39-28-16-15-27-38(39)42(31-41(44)45)46(35-22-9-3-10-23-35)36-24-11-4-12-25-36/h1-31H. The van der Waals surface area contributed by atoms with Crippen molar-refractivity contribution in [2.24, 2.45) is 0 Å². The molecule has 0 aromatic heterocycles. The van der Waals surface area contributed by atoms with Gasteiger partial charge in [0.2, 0.25) is 0 Å². The lowest BCUT2D eigenvalue weighted by molar-refractivity contribution is 0.769. The summed E-state index contributed by atoms with van der Waals surface area (Å²) in [4.78, 5) is 2.42. The molecule has 0 spiro atoms. The Hall–Kier alpha value is -5.92. The molecule has 0 aliphatic heterocycles. The topological polar surface area (TPSA) is 3.24 Å². The van der Waals surface area contributed by atoms with Crippen molar-refractivity contribution in [2.75, 3.05) is 4.90 Å². The second kappa shape index (κ2) is 10.6. The Morgan fingerprint density at radius 2 is 0.804 bits per heavy atom. The van der Waals surface area contributed by atoms with Gasteiger partial charge in [0.25, 0.3) is 0 Å². The van der Waals surface area contributed by atoms with Crippen LogP contribution in [0, 0.1) is 0 Å². The average molecular weight is 586 g/mol. The van der Waals surface area contributed by atoms with Crippen LogP contribution in [0.2, 0.25) is 0 Å². The molecule has 0 saturated carbocycles. The van der Waals surface area contributed by atoms with E-state index in [1.807, 2.05) is 0 Å². The van der Waals surface area contributed by atoms with Gasteiger partial charge in [0.1, 0.15) is 0 Å². The Morgan fingerprint density at radius 1 is 0.348 bits per heavy atom. The van der Waals surface area contributed by atoms with Crippen LogP contribution in [0.25, 0.3) is 32.7 Å². The highest BCUT2D eigenvalue weighted by Gasteiger charge is 2.48. The number of para-hydroxylation sites is 2. The number of anilines is 3. The molecule has 1 nitrogen and oxygen atoms in total. The van der Waals surface area contributed by atoms with E-state index in [4.69, 9.17) is 0 Å². The van der Waals surface area contributed by atoms with E-state index in [0.717, 1.165) is 11.4 Å². The summed E-state index contributed by atoms with van der Waals surface area (Å²) in [6.45, 7) is 0. The number of rotatable bonds is 5. The molecule has 46 heavy (non-hydrogen) atoms. The molecule has 0 radical (unpaired) electrons. The maximum atomic E-state index is 2.49. The first kappa shape index (κ1) is 26.5. The van der Waals surface area contributed by atoms with Gasteiger partial charge in [-0.3, -0.25) is 0 Å². The van der Waals surface area contributed by atoms with Crippen LogP contribution in [-0.2, 0) is 5.41 Å². The second-order valence-electron chi connectivity index (χ2n) is 12.1. The fourth-order valence-electron chi connectivity index (χ4n) is 7.85. The van der Waals surface area contributed by atoms with E-state index in [1.165, 1.54) is 60.6 Å². The molecule has 216 valence electrons. The first-order valence-electron chi connectivity index (χ1n) is 16.0. The Bertz CT molecular complexity index is 2260. The Morgan fingerprint density at radius 3 is 1.39 bits per heavy atom. The zero-order valence-corrected chi connectivity index (χ0v) is 25.3. The molecular formula is C45H31N. The van der Waals surface area contributed by atoms with Gasteiger partial charge in [0.15, 0.2) is 0 Å². The zero-order valence-electron chi connectivity index (χ0n) is 25.3. The van der Waals surface area contributed by atoms with E-state index in [1.54, 1.807) is 0 Å². The van der Waals surface area contributed by atoms with E-state index in [2.05, 4.69) is 193 Å². The Kier molecular flexibility index (Phi) is 6.11. The molecule has 1 aliphatic carbocycles. The lowest BCUT2D eigenvalue weighted by Gasteiger charge is -2.35. The minimum absolute atomic E-state index is 0.519. The maximum absolute atomic E-state index is 2.49. The predicted octanol–water partition coefficient (Wildman–Crippen LogP) is 11.8. The quantitative estimate of drug-likeness (QED) is 0.194. The van der Waals surface area contributed by atoms with Gasteiger partial charge in [-0.05, 0) is 79.9 Å². The van der Waals surface area contributed by atoms with Gasteiger partial charge in [-0.25, -0.2) is 0 Å². The van der Waals surface area contributed by atoms with Gasteiger partial charge in [-0.1, -0.05) is 158 Å². The van der Waals surface area contributed by atoms with Gasteiger partial charge in [0.05, 0.1) is 11.1 Å². The number of fused-ring (bicyclic) bond motifs is 7. The molecule has 0 bridgehead atoms. The fourth-order valence-corrected chi connectivity index (χ4v) is 7.85. The molecule has 0 atom stereocenters. The smallest absolute Gasteiger partial charge is 0.0714 e. The molecular weight excluding hydrogens is 555 g/mol. The van der Waals surface area contributed by atoms with Gasteiger partial charge in [-0.15, -0.1) is 0 Å². The average Bonchev–Trinajstić information content (AvgIpc) is 3.45. The third-order valence-electron chi connectivity index (χ3n) is 9.69. The van der Waals surface area contributed by atoms with Gasteiger partial charge in [-0.2, -0.15) is 0 Å². The van der Waals surface area contributed by atoms with Crippen molar-refractivity contribution >= 4 is 38.6 Å². The molecule has 0 heterocycles. The van der Waals surface area contributed by atoms with E-state index in [9.17, 15) is 0 Å². The Balaban J connectivity index is 1.50. The number of nitrogens with zero attached hydrogens (tertiary/aromatic N) is 1. The van der Waals surface area contributed by atoms with Crippen molar-refractivity contribution in [1.82, 2.24) is 0 Å². The number of hydrogen-bond donors (Lipinski definition) is 0. The molecule has 0 fully saturated rings. The van der Waals surface area contributed by atoms with Crippen molar-refractivity contribution in [2.45, 2.75) is 5.41 Å². The van der Waals surface area contributed by atoms with Crippen molar-refractivity contribution in [3.8, 4) is 11.1 Å². The molecule has 8 aromatic rings. The monoisotopic (exact) mass is 585 g/mol. The van der Waals surface area contributed by atoms with Crippen molar-refractivity contribution < 1.29 is 0 Å². The highest BCUT2D eigenvalue weighted by atomic mass is 15.1. The van der Waals surface area contributed by atoms with Gasteiger partial charge < -0.3 is 4.90 Å². The van der Waals surface area contributed by atoms with Crippen molar-refractivity contribution in [1.29, 1.82) is 0 Å². The van der Waals surface area contributed by atoms with Crippen LogP contribution in [0.3, 0.4) is 0 Å². The van der Waals surface area contributed by atoms with Crippen LogP contribution >= 0.6 is 0 Å². The maximum Gasteiger partial charge on any atom is 0.0714 e. The summed E-state index contributed by atoms with van der Waals surface area (Å²) in [5, 5.41) is 5.03. The second-order valence-corrected chi connectivity index (χ2v) is 12.1. The summed E-state index contributed by atoms with van der Waals surface area (Å²) >= 11 is 0. The van der Waals surface area contributed by atoms with Crippen LogP contribution in [-0.4, -0.2) is 0 Å². The summed E-state index contributed by atoms with van der Waals surface area (Å²) in [7, 11) is 0. The van der Waals surface area contributed by atoms with Crippen LogP contribution < -0.4 is 4.90 Å². The summed E-state index contributed by atoms with van der Waals surface area (Å²) in [6.07, 6.45) is 0. The highest BCUT2D eigenvalue weighted by Crippen LogP contribution is 2.61. The van der Waals surface area contributed by atoms with Crippen LogP contribution in [0.1, 0.15) is 22.3 Å². The fraction of sp³-hybridized carbons (Fsp3) is 0.0222. The minimum Gasteiger partial charge on any atom is -0.310 e. The first-order valence-corrected chi connectivity index (χ1v) is 16.0. The van der Waals surface area contributed by atoms with Gasteiger partial charge >= 0.3 is 0 Å². The van der Waals surface area contributed by atoms with E-state index in [0.29, 0.717) is 0 Å². The highest BCUT2D eigenvalue weighted by molar-refractivity contribution is 6.15. The normalized spacial score (nSPS) is 13.0. The lowest BCUT2D eigenvalue weighted by atomic mass is 9.67. The van der Waals surface area contributed by atoms with Crippen molar-refractivity contribution in [3.05, 3.63) is 210 Å². The molecule has 9 rings (SSSR count). The van der Waals surface area contributed by atoms with E-state index >= 15 is 0 Å². The summed E-state index contributed by atoms with van der Waals surface area (Å²) in [5.74, 6) is 0. The van der Waals surface area contributed by atoms with Crippen LogP contribution in [0.4, 0.5) is 17.1 Å². The van der Waals surface area contributed by atoms with Crippen molar-refractivity contribution in [3.63, 3.8) is 0 Å². The first-order chi connectivity index (χ1) is 22.9. The molecule has 0 unspecified atom stereocenters. The van der Waals surface area contributed by atoms with Gasteiger partial charge in [0, 0.05) is 16.8 Å². The zero-order chi connectivity index (χ0) is 30.5. The lowest BCUT2D eigenvalue weighted by Crippen LogP contribution is -2.28. The third-order valence-corrected chi connectivity index (χ3v) is 9.69. The van der Waals surface area contributed by atoms with E-state index in [-0.39, 0.29) is 0 Å². The Labute approximate surface area is 269 Å². The molecule has 1 heteroatoms. The minimum atomic E-state index is -0.519. The molecule has 0 saturated heterocycles. The number of hydrogen-bond acceptors (Lipinski definition) is 1. The molecule has 1 aliphatic rings. The third kappa shape index (κ3) is 3.82. The summed E-state index contributed by atoms with van der Waals surface area (Å²) < 4.78 is 0. The SMILES string of the molecule is c1ccc(N(c2ccccc2)c2cc3c(c4ccccc24)-c2c(ccc4ccccc24)C3(c2ccccc2)c2ccccc2)cc1. The summed E-state index contributed by atoms with van der Waals surface area (Å²) in [5.41, 5.74) is 10.7.